The molecule has 2 rings (SSSR count). The van der Waals surface area contributed by atoms with Crippen LogP contribution in [0.3, 0.4) is 0 Å². The van der Waals surface area contributed by atoms with E-state index in [1.54, 1.807) is 0 Å². The first-order chi connectivity index (χ1) is 8.63. The summed E-state index contributed by atoms with van der Waals surface area (Å²) in [7, 11) is 0. The molecule has 1 aromatic rings. The third kappa shape index (κ3) is 2.97. The number of halogens is 1. The van der Waals surface area contributed by atoms with Gasteiger partial charge in [-0.05, 0) is 48.8 Å². The Morgan fingerprint density at radius 2 is 1.94 bits per heavy atom. The Morgan fingerprint density at radius 1 is 1.28 bits per heavy atom. The maximum absolute atomic E-state index is 10.6. The van der Waals surface area contributed by atoms with Crippen LogP contribution in [0.25, 0.3) is 0 Å². The quantitative estimate of drug-likeness (QED) is 0.832. The van der Waals surface area contributed by atoms with Crippen molar-refractivity contribution in [2.75, 3.05) is 0 Å². The second kappa shape index (κ2) is 6.21. The summed E-state index contributed by atoms with van der Waals surface area (Å²) in [5, 5.41) is 10.6. The Balaban J connectivity index is 2.08. The number of aliphatic hydroxyl groups excluding tert-OH is 1. The van der Waals surface area contributed by atoms with E-state index in [1.165, 1.54) is 37.7 Å². The zero-order chi connectivity index (χ0) is 13.1. The number of hydrogen-bond acceptors (Lipinski definition) is 1. The average Bonchev–Trinajstić information content (AvgIpc) is 2.41. The summed E-state index contributed by atoms with van der Waals surface area (Å²) < 4.78 is 1.10. The first-order valence-corrected chi connectivity index (χ1v) is 7.85. The van der Waals surface area contributed by atoms with Crippen molar-refractivity contribution in [3.63, 3.8) is 0 Å². The Bertz CT molecular complexity index is 394. The number of aliphatic hydroxyl groups is 1. The summed E-state index contributed by atoms with van der Waals surface area (Å²) in [6, 6.07) is 6.13. The summed E-state index contributed by atoms with van der Waals surface area (Å²) in [6.45, 7) is 4.36. The molecule has 1 unspecified atom stereocenters. The van der Waals surface area contributed by atoms with Crippen molar-refractivity contribution < 1.29 is 5.11 Å². The van der Waals surface area contributed by atoms with Crippen molar-refractivity contribution in [1.29, 1.82) is 0 Å². The second-order valence-corrected chi connectivity index (χ2v) is 6.44. The number of rotatable bonds is 3. The molecular weight excluding hydrogens is 288 g/mol. The van der Waals surface area contributed by atoms with Crippen LogP contribution in [-0.4, -0.2) is 5.11 Å². The van der Waals surface area contributed by atoms with Gasteiger partial charge in [0.2, 0.25) is 0 Å². The largest absolute Gasteiger partial charge is 0.388 e. The lowest BCUT2D eigenvalue weighted by Gasteiger charge is -2.31. The van der Waals surface area contributed by atoms with E-state index in [0.29, 0.717) is 5.92 Å². The fourth-order valence-electron chi connectivity index (χ4n) is 3.11. The van der Waals surface area contributed by atoms with E-state index in [-0.39, 0.29) is 6.10 Å². The molecule has 1 aromatic carbocycles. The molecule has 0 amide bonds. The van der Waals surface area contributed by atoms with Gasteiger partial charge in [0.25, 0.3) is 0 Å². The van der Waals surface area contributed by atoms with E-state index >= 15 is 0 Å². The van der Waals surface area contributed by atoms with Crippen LogP contribution in [-0.2, 0) is 0 Å². The van der Waals surface area contributed by atoms with Gasteiger partial charge >= 0.3 is 0 Å². The summed E-state index contributed by atoms with van der Waals surface area (Å²) in [5.41, 5.74) is 2.28. The normalized spacial score (nSPS) is 26.0. The van der Waals surface area contributed by atoms with Gasteiger partial charge < -0.3 is 5.11 Å². The second-order valence-electron chi connectivity index (χ2n) is 5.59. The molecule has 0 spiro atoms. The minimum atomic E-state index is -0.291. The third-order valence-electron chi connectivity index (χ3n) is 4.54. The maximum atomic E-state index is 10.6. The molecule has 1 saturated carbocycles. The zero-order valence-electron chi connectivity index (χ0n) is 11.3. The molecule has 18 heavy (non-hydrogen) atoms. The van der Waals surface area contributed by atoms with Crippen LogP contribution >= 0.6 is 15.9 Å². The molecule has 0 aromatic heterocycles. The summed E-state index contributed by atoms with van der Waals surface area (Å²) in [5.74, 6) is 1.33. The van der Waals surface area contributed by atoms with Gasteiger partial charge in [-0.15, -0.1) is 0 Å². The monoisotopic (exact) mass is 310 g/mol. The van der Waals surface area contributed by atoms with Crippen molar-refractivity contribution in [1.82, 2.24) is 0 Å². The SMILES string of the molecule is CCC1CCC(C(O)c2cccc(Br)c2C)CC1. The van der Waals surface area contributed by atoms with Gasteiger partial charge in [-0.2, -0.15) is 0 Å². The molecule has 0 saturated heterocycles. The molecule has 100 valence electrons. The van der Waals surface area contributed by atoms with Gasteiger partial charge in [-0.25, -0.2) is 0 Å². The van der Waals surface area contributed by atoms with Crippen LogP contribution in [0.4, 0.5) is 0 Å². The lowest BCUT2D eigenvalue weighted by Crippen LogP contribution is -2.20. The van der Waals surface area contributed by atoms with Crippen molar-refractivity contribution in [2.45, 2.75) is 52.1 Å². The molecule has 1 N–H and O–H groups in total. The standard InChI is InChI=1S/C16H23BrO/c1-3-12-7-9-13(10-8-12)16(18)14-5-4-6-15(17)11(14)2/h4-6,12-13,16,18H,3,7-10H2,1-2H3. The molecule has 0 aliphatic heterocycles. The Labute approximate surface area is 119 Å². The van der Waals surface area contributed by atoms with Gasteiger partial charge in [0.1, 0.15) is 0 Å². The van der Waals surface area contributed by atoms with E-state index in [4.69, 9.17) is 0 Å². The van der Waals surface area contributed by atoms with Crippen molar-refractivity contribution in [2.24, 2.45) is 11.8 Å². The van der Waals surface area contributed by atoms with Crippen LogP contribution in [0.2, 0.25) is 0 Å². The number of hydrogen-bond donors (Lipinski definition) is 1. The Kier molecular flexibility index (Phi) is 4.85. The fraction of sp³-hybridized carbons (Fsp3) is 0.625. The lowest BCUT2D eigenvalue weighted by atomic mass is 9.76. The lowest BCUT2D eigenvalue weighted by molar-refractivity contribution is 0.0724. The molecular formula is C16H23BrO. The molecule has 0 heterocycles. The predicted octanol–water partition coefficient (Wildman–Crippen LogP) is 5.01. The molecule has 1 aliphatic rings. The van der Waals surface area contributed by atoms with Crippen molar-refractivity contribution in [3.8, 4) is 0 Å². The third-order valence-corrected chi connectivity index (χ3v) is 5.40. The number of benzene rings is 1. The first-order valence-electron chi connectivity index (χ1n) is 7.06. The minimum absolute atomic E-state index is 0.291. The van der Waals surface area contributed by atoms with Crippen LogP contribution in [0.1, 0.15) is 56.3 Å². The van der Waals surface area contributed by atoms with Crippen LogP contribution in [0.15, 0.2) is 22.7 Å². The Morgan fingerprint density at radius 3 is 2.56 bits per heavy atom. The van der Waals surface area contributed by atoms with Crippen LogP contribution < -0.4 is 0 Å². The molecule has 1 aliphatic carbocycles. The highest BCUT2D eigenvalue weighted by Gasteiger charge is 2.27. The van der Waals surface area contributed by atoms with E-state index in [2.05, 4.69) is 35.8 Å². The molecule has 1 nitrogen and oxygen atoms in total. The van der Waals surface area contributed by atoms with Crippen LogP contribution in [0.5, 0.6) is 0 Å². The molecule has 2 heteroatoms. The summed E-state index contributed by atoms with van der Waals surface area (Å²) >= 11 is 3.55. The van der Waals surface area contributed by atoms with Gasteiger partial charge in [-0.3, -0.25) is 0 Å². The van der Waals surface area contributed by atoms with Crippen LogP contribution in [0, 0.1) is 18.8 Å². The summed E-state index contributed by atoms with van der Waals surface area (Å²) in [4.78, 5) is 0. The molecule has 1 atom stereocenters. The topological polar surface area (TPSA) is 20.2 Å². The van der Waals surface area contributed by atoms with E-state index in [1.807, 2.05) is 12.1 Å². The van der Waals surface area contributed by atoms with Crippen molar-refractivity contribution in [3.05, 3.63) is 33.8 Å². The molecule has 1 fully saturated rings. The molecule has 0 bridgehead atoms. The average molecular weight is 311 g/mol. The molecule has 0 radical (unpaired) electrons. The van der Waals surface area contributed by atoms with Gasteiger partial charge in [0.15, 0.2) is 0 Å². The van der Waals surface area contributed by atoms with Gasteiger partial charge in [0.05, 0.1) is 6.10 Å². The Hall–Kier alpha value is -0.340. The van der Waals surface area contributed by atoms with E-state index < -0.39 is 0 Å². The van der Waals surface area contributed by atoms with E-state index in [9.17, 15) is 5.11 Å². The minimum Gasteiger partial charge on any atom is -0.388 e. The smallest absolute Gasteiger partial charge is 0.0821 e. The zero-order valence-corrected chi connectivity index (χ0v) is 12.9. The predicted molar refractivity (Wildman–Crippen MR) is 79.6 cm³/mol. The van der Waals surface area contributed by atoms with Crippen molar-refractivity contribution >= 4 is 15.9 Å². The maximum Gasteiger partial charge on any atom is 0.0821 e. The van der Waals surface area contributed by atoms with E-state index in [0.717, 1.165) is 16.0 Å². The van der Waals surface area contributed by atoms with Gasteiger partial charge in [0, 0.05) is 4.47 Å². The fourth-order valence-corrected chi connectivity index (χ4v) is 3.49. The highest BCUT2D eigenvalue weighted by atomic mass is 79.9. The summed E-state index contributed by atoms with van der Waals surface area (Å²) in [6.07, 6.45) is 5.91. The van der Waals surface area contributed by atoms with Gasteiger partial charge in [-0.1, -0.05) is 54.2 Å². The first kappa shape index (κ1) is 14.1. The highest BCUT2D eigenvalue weighted by Crippen LogP contribution is 2.39. The highest BCUT2D eigenvalue weighted by molar-refractivity contribution is 9.10.